The van der Waals surface area contributed by atoms with Crippen LogP contribution in [0.4, 0.5) is 0 Å². The first-order valence-electron chi connectivity index (χ1n) is 8.06. The summed E-state index contributed by atoms with van der Waals surface area (Å²) in [5.41, 5.74) is 7.50. The summed E-state index contributed by atoms with van der Waals surface area (Å²) >= 11 is 6.02. The molecule has 3 heterocycles. The molecule has 116 valence electrons. The lowest BCUT2D eigenvalue weighted by Crippen LogP contribution is -2.16. The Morgan fingerprint density at radius 1 is 1.00 bits per heavy atom. The lowest BCUT2D eigenvalue weighted by Gasteiger charge is -2.20. The number of aryl methyl sites for hydroxylation is 1. The number of nitrogens with zero attached hydrogens (tertiary/aromatic N) is 2. The standard InChI is InChI=1S/C21H15ClN2/c1-23-20-5-3-2-4-17(20)18-12-16-10-11-19(24(16)13-21(18)23)14-6-8-15(22)9-7-14/h2-9H,12-13H2,1H3. The number of aromatic nitrogens is 2. The van der Waals surface area contributed by atoms with Gasteiger partial charge in [0, 0.05) is 52.9 Å². The average molecular weight is 331 g/mol. The van der Waals surface area contributed by atoms with E-state index in [1.54, 1.807) is 0 Å². The van der Waals surface area contributed by atoms with Gasteiger partial charge in [0.25, 0.3) is 0 Å². The Hall–Kier alpha value is -2.45. The first-order valence-corrected chi connectivity index (χ1v) is 8.43. The maximum atomic E-state index is 6.02. The highest BCUT2D eigenvalue weighted by atomic mass is 35.5. The molecule has 0 aliphatic carbocycles. The van der Waals surface area contributed by atoms with Gasteiger partial charge in [-0.1, -0.05) is 41.9 Å². The Balaban J connectivity index is 1.67. The summed E-state index contributed by atoms with van der Waals surface area (Å²) in [4.78, 5) is 0. The van der Waals surface area contributed by atoms with E-state index in [0.717, 1.165) is 29.2 Å². The van der Waals surface area contributed by atoms with Gasteiger partial charge in [0.2, 0.25) is 0 Å². The molecule has 2 aromatic heterocycles. The number of halogens is 1. The number of para-hydroxylation sites is 1. The smallest absolute Gasteiger partial charge is 0.0635 e. The summed E-state index contributed by atoms with van der Waals surface area (Å²) in [6, 6.07) is 23.3. The van der Waals surface area contributed by atoms with Gasteiger partial charge in [0.1, 0.15) is 0 Å². The van der Waals surface area contributed by atoms with Crippen molar-refractivity contribution in [2.24, 2.45) is 7.05 Å². The molecular formula is C21H15ClN2. The molecule has 24 heavy (non-hydrogen) atoms. The lowest BCUT2D eigenvalue weighted by molar-refractivity contribution is 0.677. The zero-order chi connectivity index (χ0) is 16.3. The van der Waals surface area contributed by atoms with Crippen molar-refractivity contribution < 1.29 is 0 Å². The predicted octanol–water partition coefficient (Wildman–Crippen LogP) is 4.85. The largest absolute Gasteiger partial charge is 0.346 e. The molecule has 0 unspecified atom stereocenters. The zero-order valence-electron chi connectivity index (χ0n) is 13.3. The van der Waals surface area contributed by atoms with Crippen LogP contribution in [-0.4, -0.2) is 9.13 Å². The fraction of sp³-hybridized carbons (Fsp3) is 0.143. The molecule has 1 aliphatic rings. The first kappa shape index (κ1) is 13.9. The van der Waals surface area contributed by atoms with Crippen molar-refractivity contribution >= 4 is 22.5 Å². The molecular weight excluding hydrogens is 316 g/mol. The highest BCUT2D eigenvalue weighted by Gasteiger charge is 2.24. The molecule has 1 aliphatic heterocycles. The van der Waals surface area contributed by atoms with Crippen molar-refractivity contribution in [1.82, 2.24) is 9.13 Å². The molecule has 0 bridgehead atoms. The van der Waals surface area contributed by atoms with Gasteiger partial charge in [0.05, 0.1) is 12.2 Å². The predicted molar refractivity (Wildman–Crippen MR) is 97.4 cm³/mol. The van der Waals surface area contributed by atoms with Crippen molar-refractivity contribution in [3.63, 3.8) is 0 Å². The Bertz CT molecular complexity index is 1070. The third-order valence-electron chi connectivity index (χ3n) is 5.03. The van der Waals surface area contributed by atoms with E-state index in [1.807, 2.05) is 24.3 Å². The summed E-state index contributed by atoms with van der Waals surface area (Å²) in [5, 5.41) is 2.10. The van der Waals surface area contributed by atoms with Gasteiger partial charge in [-0.25, -0.2) is 0 Å². The topological polar surface area (TPSA) is 9.86 Å². The Kier molecular flexibility index (Phi) is 2.92. The lowest BCUT2D eigenvalue weighted by atomic mass is 10.0. The van der Waals surface area contributed by atoms with Crippen LogP contribution < -0.4 is 0 Å². The second kappa shape index (κ2) is 5.02. The number of rotatable bonds is 1. The van der Waals surface area contributed by atoms with Crippen molar-refractivity contribution in [2.75, 3.05) is 0 Å². The van der Waals surface area contributed by atoms with Crippen LogP contribution in [-0.2, 0) is 20.0 Å². The molecule has 0 fully saturated rings. The first-order chi connectivity index (χ1) is 11.7. The maximum Gasteiger partial charge on any atom is 0.0635 e. The number of hydrogen-bond acceptors (Lipinski definition) is 0. The molecule has 2 radical (unpaired) electrons. The monoisotopic (exact) mass is 330 g/mol. The summed E-state index contributed by atoms with van der Waals surface area (Å²) in [5.74, 6) is 0. The minimum absolute atomic E-state index is 0.754. The minimum Gasteiger partial charge on any atom is -0.346 e. The van der Waals surface area contributed by atoms with E-state index in [0.29, 0.717) is 0 Å². The van der Waals surface area contributed by atoms with E-state index < -0.39 is 0 Å². The van der Waals surface area contributed by atoms with E-state index >= 15 is 0 Å². The van der Waals surface area contributed by atoms with Gasteiger partial charge in [-0.2, -0.15) is 0 Å². The van der Waals surface area contributed by atoms with E-state index in [9.17, 15) is 0 Å². The van der Waals surface area contributed by atoms with Crippen LogP contribution in [0.15, 0.2) is 48.5 Å². The minimum atomic E-state index is 0.754. The van der Waals surface area contributed by atoms with E-state index in [-0.39, 0.29) is 0 Å². The summed E-state index contributed by atoms with van der Waals surface area (Å²) in [6.07, 6.45) is 0.904. The summed E-state index contributed by atoms with van der Waals surface area (Å²) in [7, 11) is 2.16. The average Bonchev–Trinajstić information content (AvgIpc) is 3.14. The molecule has 3 heteroatoms. The van der Waals surface area contributed by atoms with Crippen LogP contribution in [0.1, 0.15) is 17.0 Å². The van der Waals surface area contributed by atoms with Crippen LogP contribution in [0, 0.1) is 12.1 Å². The number of benzene rings is 2. The zero-order valence-corrected chi connectivity index (χ0v) is 14.1. The Labute approximate surface area is 145 Å². The van der Waals surface area contributed by atoms with Gasteiger partial charge in [-0.15, -0.1) is 0 Å². The second-order valence-electron chi connectivity index (χ2n) is 6.32. The third-order valence-corrected chi connectivity index (χ3v) is 5.29. The van der Waals surface area contributed by atoms with Crippen molar-refractivity contribution in [1.29, 1.82) is 0 Å². The SMILES string of the molecule is Cn1c2c(c3ccccc31)Cc1[c][c]c(-c3ccc(Cl)cc3)n1C2. The Morgan fingerprint density at radius 2 is 1.79 bits per heavy atom. The molecule has 0 spiro atoms. The Morgan fingerprint density at radius 3 is 2.62 bits per heavy atom. The van der Waals surface area contributed by atoms with Crippen LogP contribution >= 0.6 is 11.6 Å². The van der Waals surface area contributed by atoms with Gasteiger partial charge in [0.15, 0.2) is 0 Å². The van der Waals surface area contributed by atoms with Gasteiger partial charge in [-0.05, 0) is 29.3 Å². The number of hydrogen-bond donors (Lipinski definition) is 0. The molecule has 0 amide bonds. The fourth-order valence-corrected chi connectivity index (χ4v) is 3.92. The van der Waals surface area contributed by atoms with Crippen molar-refractivity contribution in [3.05, 3.63) is 82.6 Å². The van der Waals surface area contributed by atoms with Crippen LogP contribution in [0.5, 0.6) is 0 Å². The van der Waals surface area contributed by atoms with Crippen LogP contribution in [0.2, 0.25) is 5.02 Å². The number of fused-ring (bicyclic) bond motifs is 4. The molecule has 4 aromatic rings. The third kappa shape index (κ3) is 1.90. The normalized spacial score (nSPS) is 13.1. The fourth-order valence-electron chi connectivity index (χ4n) is 3.79. The second-order valence-corrected chi connectivity index (χ2v) is 6.75. The molecule has 2 aromatic carbocycles. The van der Waals surface area contributed by atoms with E-state index in [1.165, 1.54) is 27.9 Å². The van der Waals surface area contributed by atoms with Crippen LogP contribution in [0.25, 0.3) is 22.2 Å². The molecule has 0 N–H and O–H groups in total. The maximum absolute atomic E-state index is 6.02. The highest BCUT2D eigenvalue weighted by molar-refractivity contribution is 6.30. The van der Waals surface area contributed by atoms with Gasteiger partial charge in [-0.3, -0.25) is 0 Å². The summed E-state index contributed by atoms with van der Waals surface area (Å²) in [6.45, 7) is 0.855. The molecule has 0 saturated carbocycles. The molecule has 2 nitrogen and oxygen atoms in total. The van der Waals surface area contributed by atoms with Gasteiger partial charge < -0.3 is 9.13 Å². The highest BCUT2D eigenvalue weighted by Crippen LogP contribution is 2.34. The molecule has 0 saturated heterocycles. The molecule has 5 rings (SSSR count). The molecule has 0 atom stereocenters. The quantitative estimate of drug-likeness (QED) is 0.415. The van der Waals surface area contributed by atoms with Crippen molar-refractivity contribution in [3.8, 4) is 11.3 Å². The van der Waals surface area contributed by atoms with Gasteiger partial charge >= 0.3 is 0 Å². The van der Waals surface area contributed by atoms with Crippen LogP contribution in [0.3, 0.4) is 0 Å². The van der Waals surface area contributed by atoms with E-state index in [4.69, 9.17) is 11.6 Å². The van der Waals surface area contributed by atoms with E-state index in [2.05, 4.69) is 52.6 Å². The van der Waals surface area contributed by atoms with Crippen molar-refractivity contribution in [2.45, 2.75) is 13.0 Å². The summed E-state index contributed by atoms with van der Waals surface area (Å²) < 4.78 is 4.64.